The molecule has 3 aromatic rings. The Morgan fingerprint density at radius 2 is 1.12 bits per heavy atom. The van der Waals surface area contributed by atoms with Crippen LogP contribution in [0.25, 0.3) is 0 Å². The van der Waals surface area contributed by atoms with Crippen molar-refractivity contribution < 1.29 is 14.0 Å². The van der Waals surface area contributed by atoms with E-state index < -0.39 is 5.82 Å². The molecule has 0 bridgehead atoms. The van der Waals surface area contributed by atoms with Crippen molar-refractivity contribution in [2.75, 3.05) is 0 Å². The molecule has 0 aliphatic heterocycles. The van der Waals surface area contributed by atoms with Crippen molar-refractivity contribution in [2.24, 2.45) is 0 Å². The normalized spacial score (nSPS) is 10.4. The van der Waals surface area contributed by atoms with Gasteiger partial charge in [-0.3, -0.25) is 9.59 Å². The van der Waals surface area contributed by atoms with Crippen LogP contribution in [0, 0.1) is 12.7 Å². The molecule has 2 nitrogen and oxygen atoms in total. The maximum Gasteiger partial charge on any atom is 0.193 e. The highest BCUT2D eigenvalue weighted by molar-refractivity contribution is 6.13. The van der Waals surface area contributed by atoms with Crippen LogP contribution in [-0.4, -0.2) is 11.6 Å². The third kappa shape index (κ3) is 3.30. The van der Waals surface area contributed by atoms with E-state index in [1.165, 1.54) is 24.3 Å². The second-order valence-electron chi connectivity index (χ2n) is 5.61. The van der Waals surface area contributed by atoms with Gasteiger partial charge in [0.25, 0.3) is 0 Å². The molecule has 0 aliphatic carbocycles. The third-order valence-electron chi connectivity index (χ3n) is 3.81. The van der Waals surface area contributed by atoms with Gasteiger partial charge in [-0.15, -0.1) is 0 Å². The molecule has 24 heavy (non-hydrogen) atoms. The third-order valence-corrected chi connectivity index (χ3v) is 3.81. The zero-order valence-corrected chi connectivity index (χ0v) is 13.1. The molecule has 0 atom stereocenters. The molecule has 3 rings (SSSR count). The van der Waals surface area contributed by atoms with Crippen molar-refractivity contribution in [1.82, 2.24) is 0 Å². The van der Waals surface area contributed by atoms with E-state index in [4.69, 9.17) is 0 Å². The van der Waals surface area contributed by atoms with Crippen LogP contribution in [-0.2, 0) is 0 Å². The van der Waals surface area contributed by atoms with Gasteiger partial charge in [-0.25, -0.2) is 4.39 Å². The van der Waals surface area contributed by atoms with Crippen LogP contribution in [0.15, 0.2) is 72.8 Å². The Balaban J connectivity index is 1.91. The Hall–Kier alpha value is -3.07. The molecule has 3 heteroatoms. The van der Waals surface area contributed by atoms with Gasteiger partial charge in [0.1, 0.15) is 5.82 Å². The zero-order chi connectivity index (χ0) is 17.1. The van der Waals surface area contributed by atoms with Crippen LogP contribution >= 0.6 is 0 Å². The number of aryl methyl sites for hydroxylation is 1. The van der Waals surface area contributed by atoms with E-state index in [0.717, 1.165) is 5.56 Å². The molecule has 0 aliphatic rings. The van der Waals surface area contributed by atoms with Crippen LogP contribution < -0.4 is 0 Å². The SMILES string of the molecule is Cc1ccc(C(=O)c2cccc(C(=O)c3ccc(F)cc3)c2)cc1. The van der Waals surface area contributed by atoms with Crippen molar-refractivity contribution >= 4 is 11.6 Å². The van der Waals surface area contributed by atoms with Crippen molar-refractivity contribution in [3.63, 3.8) is 0 Å². The number of ketones is 2. The largest absolute Gasteiger partial charge is 0.289 e. The molecule has 0 aromatic heterocycles. The molecule has 118 valence electrons. The quantitative estimate of drug-likeness (QED) is 0.659. The lowest BCUT2D eigenvalue weighted by molar-refractivity contribution is 0.103. The molecule has 0 unspecified atom stereocenters. The fraction of sp³-hybridized carbons (Fsp3) is 0.0476. The molecule has 0 fully saturated rings. The van der Waals surface area contributed by atoms with E-state index in [1.54, 1.807) is 36.4 Å². The average Bonchev–Trinajstić information content (AvgIpc) is 2.62. The van der Waals surface area contributed by atoms with Gasteiger partial charge in [-0.2, -0.15) is 0 Å². The summed E-state index contributed by atoms with van der Waals surface area (Å²) in [6.45, 7) is 1.95. The van der Waals surface area contributed by atoms with Crippen molar-refractivity contribution in [2.45, 2.75) is 6.92 Å². The monoisotopic (exact) mass is 318 g/mol. The number of halogens is 1. The van der Waals surface area contributed by atoms with Crippen LogP contribution in [0.1, 0.15) is 37.4 Å². The highest BCUT2D eigenvalue weighted by Gasteiger charge is 2.13. The highest BCUT2D eigenvalue weighted by Crippen LogP contribution is 2.16. The number of rotatable bonds is 4. The topological polar surface area (TPSA) is 34.1 Å². The fourth-order valence-corrected chi connectivity index (χ4v) is 2.44. The fourth-order valence-electron chi connectivity index (χ4n) is 2.44. The Bertz CT molecular complexity index is 821. The van der Waals surface area contributed by atoms with Gasteiger partial charge in [-0.1, -0.05) is 48.0 Å². The first-order valence-corrected chi connectivity index (χ1v) is 7.56. The van der Waals surface area contributed by atoms with E-state index in [2.05, 4.69) is 0 Å². The van der Waals surface area contributed by atoms with Gasteiger partial charge in [0, 0.05) is 22.3 Å². The van der Waals surface area contributed by atoms with Crippen molar-refractivity contribution in [3.05, 3.63) is 106 Å². The van der Waals surface area contributed by atoms with Gasteiger partial charge in [0.05, 0.1) is 0 Å². The smallest absolute Gasteiger partial charge is 0.193 e. The molecule has 0 radical (unpaired) electrons. The first-order chi connectivity index (χ1) is 11.5. The van der Waals surface area contributed by atoms with Crippen LogP contribution in [0.3, 0.4) is 0 Å². The van der Waals surface area contributed by atoms with E-state index in [9.17, 15) is 14.0 Å². The Morgan fingerprint density at radius 3 is 1.62 bits per heavy atom. The summed E-state index contributed by atoms with van der Waals surface area (Å²) >= 11 is 0. The summed E-state index contributed by atoms with van der Waals surface area (Å²) in [5, 5.41) is 0. The van der Waals surface area contributed by atoms with Gasteiger partial charge < -0.3 is 0 Å². The van der Waals surface area contributed by atoms with Gasteiger partial charge in [0.2, 0.25) is 0 Å². The van der Waals surface area contributed by atoms with Gasteiger partial charge in [0.15, 0.2) is 11.6 Å². The number of carbonyl (C=O) groups excluding carboxylic acids is 2. The zero-order valence-electron chi connectivity index (χ0n) is 13.1. The molecule has 0 amide bonds. The lowest BCUT2D eigenvalue weighted by Crippen LogP contribution is -2.06. The minimum absolute atomic E-state index is 0.135. The van der Waals surface area contributed by atoms with Crippen molar-refractivity contribution in [3.8, 4) is 0 Å². The lowest BCUT2D eigenvalue weighted by Gasteiger charge is -2.05. The Kier molecular flexibility index (Phi) is 4.34. The van der Waals surface area contributed by atoms with E-state index >= 15 is 0 Å². The molecule has 0 N–H and O–H groups in total. The van der Waals surface area contributed by atoms with Crippen LogP contribution in [0.2, 0.25) is 0 Å². The minimum atomic E-state index is -0.394. The highest BCUT2D eigenvalue weighted by atomic mass is 19.1. The van der Waals surface area contributed by atoms with Crippen molar-refractivity contribution in [1.29, 1.82) is 0 Å². The molecule has 3 aromatic carbocycles. The molecule has 0 heterocycles. The van der Waals surface area contributed by atoms with Gasteiger partial charge >= 0.3 is 0 Å². The standard InChI is InChI=1S/C21H15FO2/c1-14-5-7-15(8-6-14)20(23)17-3-2-4-18(13-17)21(24)16-9-11-19(22)12-10-16/h2-13H,1H3. The maximum absolute atomic E-state index is 13.0. The molecule has 0 spiro atoms. The number of hydrogen-bond acceptors (Lipinski definition) is 2. The predicted octanol–water partition coefficient (Wildman–Crippen LogP) is 4.60. The lowest BCUT2D eigenvalue weighted by atomic mass is 9.97. The average molecular weight is 318 g/mol. The summed E-state index contributed by atoms with van der Waals surface area (Å²) in [4.78, 5) is 25.0. The number of carbonyl (C=O) groups is 2. The summed E-state index contributed by atoms with van der Waals surface area (Å²) in [6.07, 6.45) is 0. The Labute approximate surface area is 139 Å². The van der Waals surface area contributed by atoms with E-state index in [0.29, 0.717) is 22.3 Å². The molecular weight excluding hydrogens is 303 g/mol. The second-order valence-corrected chi connectivity index (χ2v) is 5.61. The summed E-state index contributed by atoms with van der Waals surface area (Å²) < 4.78 is 13.0. The van der Waals surface area contributed by atoms with E-state index in [1.807, 2.05) is 19.1 Å². The first-order valence-electron chi connectivity index (χ1n) is 7.56. The summed E-state index contributed by atoms with van der Waals surface area (Å²) in [5.74, 6) is -0.771. The minimum Gasteiger partial charge on any atom is -0.289 e. The van der Waals surface area contributed by atoms with E-state index in [-0.39, 0.29) is 11.6 Å². The summed E-state index contributed by atoms with van der Waals surface area (Å²) in [5.41, 5.74) is 2.89. The predicted molar refractivity (Wildman–Crippen MR) is 90.9 cm³/mol. The maximum atomic E-state index is 13.0. The van der Waals surface area contributed by atoms with Gasteiger partial charge in [-0.05, 0) is 37.3 Å². The Morgan fingerprint density at radius 1 is 0.667 bits per heavy atom. The number of benzene rings is 3. The van der Waals surface area contributed by atoms with Crippen LogP contribution in [0.4, 0.5) is 4.39 Å². The second kappa shape index (κ2) is 6.59. The number of hydrogen-bond donors (Lipinski definition) is 0. The molecule has 0 saturated carbocycles. The summed E-state index contributed by atoms with van der Waals surface area (Å²) in [6, 6.07) is 19.2. The van der Waals surface area contributed by atoms with Crippen LogP contribution in [0.5, 0.6) is 0 Å². The first kappa shape index (κ1) is 15.8. The summed E-state index contributed by atoms with van der Waals surface area (Å²) in [7, 11) is 0. The molecule has 0 saturated heterocycles. The molecular formula is C21H15FO2.